The van der Waals surface area contributed by atoms with Gasteiger partial charge < -0.3 is 5.11 Å². The third kappa shape index (κ3) is 2.77. The number of hydrogen-bond acceptors (Lipinski definition) is 3. The standard InChI is InChI=1S/C17H18FNO2S/c18-14-7-3-2-6-13(14)17(8-4-1-5-9-17)16-19-12(11-22-16)10-15(20)21/h2-3,6-7,11H,1,4-5,8-10H2,(H,20,21). The first kappa shape index (κ1) is 15.2. The van der Waals surface area contributed by atoms with Crippen LogP contribution in [-0.2, 0) is 16.6 Å². The van der Waals surface area contributed by atoms with E-state index in [0.29, 0.717) is 11.3 Å². The summed E-state index contributed by atoms with van der Waals surface area (Å²) < 4.78 is 14.4. The Morgan fingerprint density at radius 2 is 2.00 bits per heavy atom. The van der Waals surface area contributed by atoms with Gasteiger partial charge in [-0.15, -0.1) is 11.3 Å². The molecule has 3 nitrogen and oxygen atoms in total. The number of aromatic nitrogens is 1. The van der Waals surface area contributed by atoms with Crippen molar-refractivity contribution in [3.05, 3.63) is 51.7 Å². The van der Waals surface area contributed by atoms with E-state index in [1.165, 1.54) is 17.4 Å². The van der Waals surface area contributed by atoms with E-state index in [1.54, 1.807) is 11.4 Å². The van der Waals surface area contributed by atoms with Crippen molar-refractivity contribution in [2.75, 3.05) is 0 Å². The van der Waals surface area contributed by atoms with Crippen LogP contribution in [0.15, 0.2) is 29.6 Å². The van der Waals surface area contributed by atoms with Crippen molar-refractivity contribution in [2.45, 2.75) is 43.9 Å². The predicted molar refractivity (Wildman–Crippen MR) is 83.7 cm³/mol. The Morgan fingerprint density at radius 3 is 2.68 bits per heavy atom. The van der Waals surface area contributed by atoms with E-state index in [0.717, 1.165) is 37.1 Å². The zero-order valence-electron chi connectivity index (χ0n) is 12.2. The molecule has 1 saturated carbocycles. The largest absolute Gasteiger partial charge is 0.481 e. The molecule has 1 fully saturated rings. The fourth-order valence-electron chi connectivity index (χ4n) is 3.37. The highest BCUT2D eigenvalue weighted by molar-refractivity contribution is 7.09. The van der Waals surface area contributed by atoms with E-state index in [1.807, 2.05) is 12.1 Å². The highest BCUT2D eigenvalue weighted by Gasteiger charge is 2.40. The molecule has 116 valence electrons. The highest BCUT2D eigenvalue weighted by Crippen LogP contribution is 2.46. The van der Waals surface area contributed by atoms with Crippen molar-refractivity contribution >= 4 is 17.3 Å². The molecule has 1 aliphatic rings. The molecule has 0 aliphatic heterocycles. The summed E-state index contributed by atoms with van der Waals surface area (Å²) in [5.41, 5.74) is 0.866. The summed E-state index contributed by atoms with van der Waals surface area (Å²) in [5.74, 6) is -1.08. The number of rotatable bonds is 4. The average molecular weight is 319 g/mol. The number of halogens is 1. The summed E-state index contributed by atoms with van der Waals surface area (Å²) in [5, 5.41) is 11.6. The van der Waals surface area contributed by atoms with Crippen LogP contribution in [-0.4, -0.2) is 16.1 Å². The summed E-state index contributed by atoms with van der Waals surface area (Å²) >= 11 is 1.46. The summed E-state index contributed by atoms with van der Waals surface area (Å²) in [6, 6.07) is 6.91. The Kier molecular flexibility index (Phi) is 4.25. The molecule has 0 atom stereocenters. The Bertz CT molecular complexity index is 677. The molecular weight excluding hydrogens is 301 g/mol. The lowest BCUT2D eigenvalue weighted by molar-refractivity contribution is -0.136. The third-order valence-electron chi connectivity index (χ3n) is 4.39. The second kappa shape index (κ2) is 6.16. The van der Waals surface area contributed by atoms with Gasteiger partial charge in [0.25, 0.3) is 0 Å². The topological polar surface area (TPSA) is 50.2 Å². The minimum absolute atomic E-state index is 0.0795. The van der Waals surface area contributed by atoms with Crippen LogP contribution in [0.3, 0.4) is 0 Å². The number of carboxylic acids is 1. The van der Waals surface area contributed by atoms with Crippen molar-refractivity contribution in [3.8, 4) is 0 Å². The van der Waals surface area contributed by atoms with Crippen LogP contribution in [0.1, 0.15) is 48.4 Å². The quantitative estimate of drug-likeness (QED) is 0.920. The van der Waals surface area contributed by atoms with Gasteiger partial charge in [-0.1, -0.05) is 37.5 Å². The molecule has 0 spiro atoms. The molecule has 5 heteroatoms. The van der Waals surface area contributed by atoms with Crippen molar-refractivity contribution in [3.63, 3.8) is 0 Å². The first-order valence-electron chi connectivity index (χ1n) is 7.53. The summed E-state index contributed by atoms with van der Waals surface area (Å²) in [4.78, 5) is 15.4. The molecular formula is C17H18FNO2S. The van der Waals surface area contributed by atoms with E-state index in [-0.39, 0.29) is 12.2 Å². The van der Waals surface area contributed by atoms with Gasteiger partial charge in [0.15, 0.2) is 0 Å². The normalized spacial score (nSPS) is 17.3. The third-order valence-corrected chi connectivity index (χ3v) is 5.49. The summed E-state index contributed by atoms with van der Waals surface area (Å²) in [7, 11) is 0. The zero-order chi connectivity index (χ0) is 15.6. The molecule has 0 bridgehead atoms. The minimum atomic E-state index is -0.888. The van der Waals surface area contributed by atoms with Crippen LogP contribution in [0.5, 0.6) is 0 Å². The van der Waals surface area contributed by atoms with Gasteiger partial charge >= 0.3 is 5.97 Å². The van der Waals surface area contributed by atoms with Crippen molar-refractivity contribution in [2.24, 2.45) is 0 Å². The molecule has 1 aromatic heterocycles. The number of thiazole rings is 1. The van der Waals surface area contributed by atoms with Gasteiger partial charge in [-0.25, -0.2) is 9.37 Å². The number of hydrogen-bond donors (Lipinski definition) is 1. The predicted octanol–water partition coefficient (Wildman–Crippen LogP) is 4.16. The number of nitrogens with zero attached hydrogens (tertiary/aromatic N) is 1. The zero-order valence-corrected chi connectivity index (χ0v) is 13.0. The van der Waals surface area contributed by atoms with Crippen molar-refractivity contribution < 1.29 is 14.3 Å². The van der Waals surface area contributed by atoms with Crippen LogP contribution in [0, 0.1) is 5.82 Å². The van der Waals surface area contributed by atoms with E-state index >= 15 is 0 Å². The lowest BCUT2D eigenvalue weighted by Crippen LogP contribution is -2.31. The second-order valence-corrected chi connectivity index (χ2v) is 6.70. The molecule has 0 amide bonds. The van der Waals surface area contributed by atoms with Crippen LogP contribution in [0.2, 0.25) is 0 Å². The fraction of sp³-hybridized carbons (Fsp3) is 0.412. The number of carboxylic acid groups (broad SMARTS) is 1. The molecule has 1 aliphatic carbocycles. The molecule has 0 unspecified atom stereocenters. The summed E-state index contributed by atoms with van der Waals surface area (Å²) in [6.07, 6.45) is 4.90. The summed E-state index contributed by atoms with van der Waals surface area (Å²) in [6.45, 7) is 0. The van der Waals surface area contributed by atoms with Gasteiger partial charge in [0.2, 0.25) is 0 Å². The van der Waals surface area contributed by atoms with Gasteiger partial charge in [0.05, 0.1) is 17.5 Å². The Hall–Kier alpha value is -1.75. The van der Waals surface area contributed by atoms with E-state index in [4.69, 9.17) is 5.11 Å². The number of carbonyl (C=O) groups is 1. The molecule has 22 heavy (non-hydrogen) atoms. The first-order valence-corrected chi connectivity index (χ1v) is 8.41. The molecule has 3 rings (SSSR count). The van der Waals surface area contributed by atoms with E-state index in [2.05, 4.69) is 4.98 Å². The van der Waals surface area contributed by atoms with Gasteiger partial charge in [-0.2, -0.15) is 0 Å². The van der Waals surface area contributed by atoms with Crippen LogP contribution in [0.4, 0.5) is 4.39 Å². The smallest absolute Gasteiger partial charge is 0.309 e. The Balaban J connectivity index is 2.05. The first-order chi connectivity index (χ1) is 10.6. The highest BCUT2D eigenvalue weighted by atomic mass is 32.1. The lowest BCUT2D eigenvalue weighted by atomic mass is 9.69. The second-order valence-electron chi connectivity index (χ2n) is 5.84. The van der Waals surface area contributed by atoms with E-state index in [9.17, 15) is 9.18 Å². The lowest BCUT2D eigenvalue weighted by Gasteiger charge is -2.36. The Morgan fingerprint density at radius 1 is 1.27 bits per heavy atom. The fourth-order valence-corrected chi connectivity index (χ4v) is 4.46. The number of benzene rings is 1. The molecule has 0 radical (unpaired) electrons. The maximum Gasteiger partial charge on any atom is 0.309 e. The molecule has 1 N–H and O–H groups in total. The minimum Gasteiger partial charge on any atom is -0.481 e. The molecule has 2 aromatic rings. The SMILES string of the molecule is O=C(O)Cc1csc(C2(c3ccccc3F)CCCCC2)n1. The van der Waals surface area contributed by atoms with Crippen LogP contribution < -0.4 is 0 Å². The van der Waals surface area contributed by atoms with E-state index < -0.39 is 11.4 Å². The maximum absolute atomic E-state index is 14.4. The molecule has 1 heterocycles. The van der Waals surface area contributed by atoms with Gasteiger partial charge in [0.1, 0.15) is 10.8 Å². The Labute approximate surface area is 132 Å². The maximum atomic E-state index is 14.4. The molecule has 0 saturated heterocycles. The van der Waals surface area contributed by atoms with Crippen LogP contribution >= 0.6 is 11.3 Å². The molecule has 1 aromatic carbocycles. The van der Waals surface area contributed by atoms with Gasteiger partial charge in [-0.3, -0.25) is 4.79 Å². The van der Waals surface area contributed by atoms with Gasteiger partial charge in [0, 0.05) is 10.9 Å². The number of aliphatic carboxylic acids is 1. The van der Waals surface area contributed by atoms with Crippen molar-refractivity contribution in [1.82, 2.24) is 4.98 Å². The average Bonchev–Trinajstić information content (AvgIpc) is 2.96. The monoisotopic (exact) mass is 319 g/mol. The van der Waals surface area contributed by atoms with Crippen LogP contribution in [0.25, 0.3) is 0 Å². The van der Waals surface area contributed by atoms with Gasteiger partial charge in [-0.05, 0) is 18.9 Å². The van der Waals surface area contributed by atoms with Crippen molar-refractivity contribution in [1.29, 1.82) is 0 Å².